The van der Waals surface area contributed by atoms with E-state index in [-0.39, 0.29) is 0 Å². The van der Waals surface area contributed by atoms with E-state index < -0.39 is 0 Å². The Kier molecular flexibility index (Phi) is 3.68. The zero-order valence-electron chi connectivity index (χ0n) is 12.4. The van der Waals surface area contributed by atoms with E-state index in [0.29, 0.717) is 0 Å². The third kappa shape index (κ3) is 2.22. The summed E-state index contributed by atoms with van der Waals surface area (Å²) < 4.78 is 0. The first-order valence-corrected chi connectivity index (χ1v) is 8.15. The summed E-state index contributed by atoms with van der Waals surface area (Å²) in [5, 5.41) is 3.60. The minimum atomic E-state index is 0.868. The number of fused-ring (bicyclic) bond motifs is 1. The van der Waals surface area contributed by atoms with Gasteiger partial charge >= 0.3 is 0 Å². The van der Waals surface area contributed by atoms with Crippen molar-refractivity contribution in [3.05, 3.63) is 0 Å². The van der Waals surface area contributed by atoms with Crippen LogP contribution < -0.4 is 5.32 Å². The molecule has 18 heavy (non-hydrogen) atoms. The number of nitrogens with one attached hydrogen (secondary N) is 1. The maximum absolute atomic E-state index is 3.60. The molecule has 0 amide bonds. The highest BCUT2D eigenvalue weighted by Gasteiger charge is 2.46. The van der Waals surface area contributed by atoms with Crippen molar-refractivity contribution in [1.29, 1.82) is 0 Å². The second kappa shape index (κ2) is 5.13. The van der Waals surface area contributed by atoms with Gasteiger partial charge in [0.05, 0.1) is 0 Å². The van der Waals surface area contributed by atoms with Crippen molar-refractivity contribution in [2.45, 2.75) is 58.5 Å². The summed E-state index contributed by atoms with van der Waals surface area (Å²) in [6.07, 6.45) is 5.71. The lowest BCUT2D eigenvalue weighted by Gasteiger charge is -2.41. The second-order valence-corrected chi connectivity index (χ2v) is 7.33. The van der Waals surface area contributed by atoms with E-state index in [2.05, 4.69) is 31.0 Å². The van der Waals surface area contributed by atoms with Crippen molar-refractivity contribution >= 4 is 0 Å². The maximum atomic E-state index is 3.60. The van der Waals surface area contributed by atoms with Crippen molar-refractivity contribution in [3.8, 4) is 0 Å². The van der Waals surface area contributed by atoms with E-state index >= 15 is 0 Å². The van der Waals surface area contributed by atoms with Crippen LogP contribution in [0.2, 0.25) is 0 Å². The molecule has 2 heterocycles. The molecule has 3 fully saturated rings. The molecule has 1 saturated carbocycles. The van der Waals surface area contributed by atoms with Gasteiger partial charge in [0.1, 0.15) is 0 Å². The molecule has 1 N–H and O–H groups in total. The van der Waals surface area contributed by atoms with Crippen molar-refractivity contribution in [2.24, 2.45) is 23.7 Å². The summed E-state index contributed by atoms with van der Waals surface area (Å²) in [7, 11) is 0. The van der Waals surface area contributed by atoms with Crippen LogP contribution >= 0.6 is 0 Å². The van der Waals surface area contributed by atoms with Gasteiger partial charge < -0.3 is 5.32 Å². The van der Waals surface area contributed by atoms with E-state index in [0.717, 1.165) is 35.8 Å². The molecule has 2 nitrogen and oxygen atoms in total. The van der Waals surface area contributed by atoms with E-state index in [1.165, 1.54) is 45.3 Å². The van der Waals surface area contributed by atoms with Crippen molar-refractivity contribution in [3.63, 3.8) is 0 Å². The molecule has 0 spiro atoms. The third-order valence-corrected chi connectivity index (χ3v) is 5.80. The van der Waals surface area contributed by atoms with Crippen LogP contribution in [-0.4, -0.2) is 36.6 Å². The van der Waals surface area contributed by atoms with Crippen molar-refractivity contribution in [2.75, 3.05) is 19.6 Å². The summed E-state index contributed by atoms with van der Waals surface area (Å²) in [5.74, 6) is 3.77. The van der Waals surface area contributed by atoms with Crippen LogP contribution in [0.4, 0.5) is 0 Å². The molecule has 1 aliphatic carbocycles. The Balaban J connectivity index is 1.71. The minimum Gasteiger partial charge on any atom is -0.316 e. The summed E-state index contributed by atoms with van der Waals surface area (Å²) in [6, 6.07) is 1.76. The van der Waals surface area contributed by atoms with Gasteiger partial charge in [0, 0.05) is 18.6 Å². The van der Waals surface area contributed by atoms with Gasteiger partial charge in [-0.25, -0.2) is 0 Å². The molecule has 5 unspecified atom stereocenters. The normalized spacial score (nSPS) is 49.5. The Morgan fingerprint density at radius 2 is 1.78 bits per heavy atom. The standard InChI is InChI=1S/C16H30N2/c1-4-16-15-9-17-8-13(15)10-18(16)14-6-11(2)5-12(3)7-14/h11-17H,4-10H2,1-3H3. The molecular formula is C16H30N2. The summed E-state index contributed by atoms with van der Waals surface area (Å²) in [4.78, 5) is 2.92. The van der Waals surface area contributed by atoms with Gasteiger partial charge in [-0.2, -0.15) is 0 Å². The Labute approximate surface area is 113 Å². The Morgan fingerprint density at radius 3 is 2.44 bits per heavy atom. The van der Waals surface area contributed by atoms with Crippen LogP contribution in [0, 0.1) is 23.7 Å². The average Bonchev–Trinajstić information content (AvgIpc) is 2.86. The first kappa shape index (κ1) is 12.9. The monoisotopic (exact) mass is 250 g/mol. The molecule has 5 atom stereocenters. The van der Waals surface area contributed by atoms with E-state index in [4.69, 9.17) is 0 Å². The van der Waals surface area contributed by atoms with Crippen LogP contribution in [0.1, 0.15) is 46.5 Å². The molecule has 104 valence electrons. The first-order chi connectivity index (χ1) is 8.69. The molecule has 0 radical (unpaired) electrons. The van der Waals surface area contributed by atoms with Gasteiger partial charge in [0.25, 0.3) is 0 Å². The molecule has 3 aliphatic rings. The van der Waals surface area contributed by atoms with Crippen molar-refractivity contribution in [1.82, 2.24) is 10.2 Å². The fraction of sp³-hybridized carbons (Fsp3) is 1.00. The number of hydrogen-bond acceptors (Lipinski definition) is 2. The summed E-state index contributed by atoms with van der Waals surface area (Å²) in [6.45, 7) is 11.2. The van der Waals surface area contributed by atoms with Crippen LogP contribution in [0.3, 0.4) is 0 Å². The smallest absolute Gasteiger partial charge is 0.0140 e. The quantitative estimate of drug-likeness (QED) is 0.811. The first-order valence-electron chi connectivity index (χ1n) is 8.15. The lowest BCUT2D eigenvalue weighted by atomic mass is 9.79. The van der Waals surface area contributed by atoms with E-state index in [1.807, 2.05) is 0 Å². The zero-order valence-corrected chi connectivity index (χ0v) is 12.4. The Hall–Kier alpha value is -0.0800. The second-order valence-electron chi connectivity index (χ2n) is 7.33. The third-order valence-electron chi connectivity index (χ3n) is 5.80. The predicted octanol–water partition coefficient (Wildman–Crippen LogP) is 2.74. The van der Waals surface area contributed by atoms with Gasteiger partial charge in [-0.3, -0.25) is 4.90 Å². The summed E-state index contributed by atoms with van der Waals surface area (Å²) >= 11 is 0. The molecule has 0 aromatic heterocycles. The highest BCUT2D eigenvalue weighted by atomic mass is 15.2. The molecule has 0 aromatic rings. The Bertz CT molecular complexity index is 281. The maximum Gasteiger partial charge on any atom is 0.0140 e. The number of hydrogen-bond donors (Lipinski definition) is 1. The van der Waals surface area contributed by atoms with E-state index in [9.17, 15) is 0 Å². The van der Waals surface area contributed by atoms with Crippen LogP contribution in [0.5, 0.6) is 0 Å². The molecule has 2 saturated heterocycles. The van der Waals surface area contributed by atoms with Gasteiger partial charge in [0.2, 0.25) is 0 Å². The number of likely N-dealkylation sites (tertiary alicyclic amines) is 1. The molecule has 0 bridgehead atoms. The van der Waals surface area contributed by atoms with Gasteiger partial charge in [-0.1, -0.05) is 20.8 Å². The van der Waals surface area contributed by atoms with Gasteiger partial charge in [0.15, 0.2) is 0 Å². The average molecular weight is 250 g/mol. The van der Waals surface area contributed by atoms with Gasteiger partial charge in [-0.15, -0.1) is 0 Å². The largest absolute Gasteiger partial charge is 0.316 e. The zero-order chi connectivity index (χ0) is 12.7. The number of rotatable bonds is 2. The fourth-order valence-corrected chi connectivity index (χ4v) is 5.19. The van der Waals surface area contributed by atoms with Crippen LogP contribution in [0.25, 0.3) is 0 Å². The molecule has 2 heteroatoms. The number of nitrogens with zero attached hydrogens (tertiary/aromatic N) is 1. The van der Waals surface area contributed by atoms with Crippen LogP contribution in [0.15, 0.2) is 0 Å². The molecule has 0 aromatic carbocycles. The molecule has 3 rings (SSSR count). The summed E-state index contributed by atoms with van der Waals surface area (Å²) in [5.41, 5.74) is 0. The highest BCUT2D eigenvalue weighted by Crippen LogP contribution is 2.40. The van der Waals surface area contributed by atoms with Crippen LogP contribution in [-0.2, 0) is 0 Å². The van der Waals surface area contributed by atoms with Crippen molar-refractivity contribution < 1.29 is 0 Å². The topological polar surface area (TPSA) is 15.3 Å². The predicted molar refractivity (Wildman–Crippen MR) is 76.6 cm³/mol. The minimum absolute atomic E-state index is 0.868. The lowest BCUT2D eigenvalue weighted by Crippen LogP contribution is -2.45. The highest BCUT2D eigenvalue weighted by molar-refractivity contribution is 5.01. The molecule has 2 aliphatic heterocycles. The molecular weight excluding hydrogens is 220 g/mol. The lowest BCUT2D eigenvalue weighted by molar-refractivity contribution is 0.0858. The SMILES string of the molecule is CCC1C2CNCC2CN1C1CC(C)CC(C)C1. The van der Waals surface area contributed by atoms with Gasteiger partial charge in [-0.05, 0) is 62.4 Å². The fourth-order valence-electron chi connectivity index (χ4n) is 5.19. The van der Waals surface area contributed by atoms with E-state index in [1.54, 1.807) is 0 Å². The Morgan fingerprint density at radius 1 is 1.06 bits per heavy atom.